The molecule has 0 aliphatic carbocycles. The summed E-state index contributed by atoms with van der Waals surface area (Å²) in [7, 11) is -0.831. The van der Waals surface area contributed by atoms with Crippen molar-refractivity contribution in [1.29, 1.82) is 0 Å². The Balaban J connectivity index is 0.000000771. The molecule has 0 fully saturated rings. The molecule has 5 nitrogen and oxygen atoms in total. The van der Waals surface area contributed by atoms with Crippen LogP contribution in [0.2, 0.25) is 0 Å². The van der Waals surface area contributed by atoms with E-state index < -0.39 is 7.12 Å². The fourth-order valence-corrected chi connectivity index (χ4v) is 1.36. The lowest BCUT2D eigenvalue weighted by Crippen LogP contribution is -2.31. The van der Waals surface area contributed by atoms with Gasteiger partial charge in [0.25, 0.3) is 0 Å². The molecule has 1 aromatic heterocycles. The second-order valence-electron chi connectivity index (χ2n) is 3.45. The Bertz CT molecular complexity index is 387. The second-order valence-corrected chi connectivity index (χ2v) is 3.45. The predicted molar refractivity (Wildman–Crippen MR) is 70.2 cm³/mol. The van der Waals surface area contributed by atoms with E-state index in [0.717, 1.165) is 12.1 Å². The first-order chi connectivity index (χ1) is 8.78. The highest BCUT2D eigenvalue weighted by molar-refractivity contribution is 6.49. The van der Waals surface area contributed by atoms with Crippen LogP contribution < -0.4 is 4.74 Å². The van der Waals surface area contributed by atoms with E-state index in [4.69, 9.17) is 14.4 Å². The smallest absolute Gasteiger partial charge is 0.454 e. The zero-order valence-corrected chi connectivity index (χ0v) is 11.0. The van der Waals surface area contributed by atoms with Crippen molar-refractivity contribution in [3.63, 3.8) is 0 Å². The minimum Gasteiger partial charge on any atom is -0.454 e. The standard InChI is InChI=1S/C10H13BN2O3.C2H6/c1-2-8-4-6-12-10(13-8)16-9-3-5-11(14)15-7-9;1-2/h3-6,9,14H,2,7H2,1H3;1-2H3. The quantitative estimate of drug-likeness (QED) is 0.822. The Hall–Kier alpha value is -1.40. The molecule has 0 aromatic carbocycles. The van der Waals surface area contributed by atoms with Gasteiger partial charge in [-0.2, -0.15) is 0 Å². The maximum atomic E-state index is 9.08. The fourth-order valence-electron chi connectivity index (χ4n) is 1.36. The van der Waals surface area contributed by atoms with Crippen molar-refractivity contribution < 1.29 is 14.4 Å². The van der Waals surface area contributed by atoms with E-state index in [1.165, 1.54) is 5.98 Å². The third-order valence-electron chi connectivity index (χ3n) is 2.23. The van der Waals surface area contributed by atoms with Crippen LogP contribution in [-0.2, 0) is 11.1 Å². The molecule has 1 atom stereocenters. The molecular weight excluding hydrogens is 231 g/mol. The Morgan fingerprint density at radius 3 is 2.94 bits per heavy atom. The molecule has 98 valence electrons. The van der Waals surface area contributed by atoms with Gasteiger partial charge in [-0.1, -0.05) is 26.7 Å². The van der Waals surface area contributed by atoms with Crippen molar-refractivity contribution >= 4 is 7.12 Å². The van der Waals surface area contributed by atoms with Gasteiger partial charge in [-0.25, -0.2) is 9.97 Å². The van der Waals surface area contributed by atoms with Crippen molar-refractivity contribution in [3.8, 4) is 6.01 Å². The number of aromatic nitrogens is 2. The second kappa shape index (κ2) is 7.84. The molecule has 0 spiro atoms. The molecule has 1 N–H and O–H groups in total. The number of aryl methyl sites for hydroxylation is 1. The van der Waals surface area contributed by atoms with Crippen LogP contribution in [0, 0.1) is 0 Å². The first-order valence-corrected chi connectivity index (χ1v) is 6.24. The van der Waals surface area contributed by atoms with Crippen LogP contribution in [0.15, 0.2) is 24.3 Å². The van der Waals surface area contributed by atoms with Gasteiger partial charge in [0.05, 0.1) is 6.61 Å². The molecule has 1 unspecified atom stereocenters. The van der Waals surface area contributed by atoms with Gasteiger partial charge in [0.1, 0.15) is 6.10 Å². The zero-order chi connectivity index (χ0) is 13.4. The van der Waals surface area contributed by atoms with E-state index in [9.17, 15) is 0 Å². The Morgan fingerprint density at radius 2 is 2.33 bits per heavy atom. The SMILES string of the molecule is CC.CCc1ccnc(OC2C=CB(O)OC2)n1. The average molecular weight is 250 g/mol. The molecule has 1 aliphatic heterocycles. The third kappa shape index (κ3) is 4.47. The number of ether oxygens (including phenoxy) is 1. The normalized spacial score (nSPS) is 18.0. The van der Waals surface area contributed by atoms with Gasteiger partial charge in [0.2, 0.25) is 0 Å². The number of nitrogens with zero attached hydrogens (tertiary/aromatic N) is 2. The third-order valence-corrected chi connectivity index (χ3v) is 2.23. The lowest BCUT2D eigenvalue weighted by molar-refractivity contribution is 0.133. The van der Waals surface area contributed by atoms with Gasteiger partial charge < -0.3 is 14.4 Å². The molecule has 0 saturated heterocycles. The van der Waals surface area contributed by atoms with Gasteiger partial charge in [-0.3, -0.25) is 0 Å². The highest BCUT2D eigenvalue weighted by atomic mass is 16.6. The summed E-state index contributed by atoms with van der Waals surface area (Å²) >= 11 is 0. The first kappa shape index (κ1) is 14.7. The van der Waals surface area contributed by atoms with E-state index in [0.29, 0.717) is 12.6 Å². The molecule has 0 saturated carbocycles. The highest BCUT2D eigenvalue weighted by Gasteiger charge is 2.20. The fraction of sp³-hybridized carbons (Fsp3) is 0.500. The molecule has 0 amide bonds. The van der Waals surface area contributed by atoms with Gasteiger partial charge >= 0.3 is 13.1 Å². The van der Waals surface area contributed by atoms with Crippen molar-refractivity contribution in [3.05, 3.63) is 30.0 Å². The summed E-state index contributed by atoms with van der Waals surface area (Å²) in [5, 5.41) is 9.08. The van der Waals surface area contributed by atoms with Crippen molar-refractivity contribution in [1.82, 2.24) is 9.97 Å². The Kier molecular flexibility index (Phi) is 6.39. The molecule has 18 heavy (non-hydrogen) atoms. The van der Waals surface area contributed by atoms with E-state index in [1.54, 1.807) is 12.3 Å². The molecule has 1 aliphatic rings. The zero-order valence-electron chi connectivity index (χ0n) is 11.0. The predicted octanol–water partition coefficient (Wildman–Crippen LogP) is 1.42. The van der Waals surface area contributed by atoms with Crippen LogP contribution in [0.25, 0.3) is 0 Å². The molecule has 6 heteroatoms. The Labute approximate surface area is 108 Å². The van der Waals surface area contributed by atoms with E-state index in [1.807, 2.05) is 26.8 Å². The van der Waals surface area contributed by atoms with Crippen molar-refractivity contribution in [2.24, 2.45) is 0 Å². The van der Waals surface area contributed by atoms with Gasteiger partial charge in [0, 0.05) is 11.9 Å². The van der Waals surface area contributed by atoms with Crippen molar-refractivity contribution in [2.75, 3.05) is 6.61 Å². The minimum atomic E-state index is -0.831. The highest BCUT2D eigenvalue weighted by Crippen LogP contribution is 2.10. The summed E-state index contributed by atoms with van der Waals surface area (Å²) in [6.45, 7) is 6.32. The number of hydrogen-bond acceptors (Lipinski definition) is 5. The van der Waals surface area contributed by atoms with Gasteiger partial charge in [-0.15, -0.1) is 0 Å². The monoisotopic (exact) mass is 250 g/mol. The lowest BCUT2D eigenvalue weighted by Gasteiger charge is -2.19. The summed E-state index contributed by atoms with van der Waals surface area (Å²) in [5.74, 6) is 1.54. The average Bonchev–Trinajstić information content (AvgIpc) is 2.44. The maximum absolute atomic E-state index is 9.08. The minimum absolute atomic E-state index is 0.240. The van der Waals surface area contributed by atoms with Crippen LogP contribution >= 0.6 is 0 Å². The summed E-state index contributed by atoms with van der Waals surface area (Å²) in [4.78, 5) is 8.23. The topological polar surface area (TPSA) is 64.5 Å². The van der Waals surface area contributed by atoms with Crippen LogP contribution in [0.3, 0.4) is 0 Å². The van der Waals surface area contributed by atoms with Crippen LogP contribution in [0.1, 0.15) is 26.5 Å². The lowest BCUT2D eigenvalue weighted by atomic mass is 9.88. The van der Waals surface area contributed by atoms with E-state index in [-0.39, 0.29) is 6.10 Å². The summed E-state index contributed by atoms with van der Waals surface area (Å²) < 4.78 is 10.5. The largest absolute Gasteiger partial charge is 0.483 e. The molecular formula is C12H19BN2O3. The Morgan fingerprint density at radius 1 is 1.56 bits per heavy atom. The van der Waals surface area contributed by atoms with Gasteiger partial charge in [0.15, 0.2) is 0 Å². The van der Waals surface area contributed by atoms with Crippen molar-refractivity contribution in [2.45, 2.75) is 33.3 Å². The number of rotatable bonds is 3. The maximum Gasteiger partial charge on any atom is 0.483 e. The summed E-state index contributed by atoms with van der Waals surface area (Å²) in [5.41, 5.74) is 0.936. The molecule has 1 aromatic rings. The molecule has 0 bridgehead atoms. The molecule has 2 rings (SSSR count). The number of hydrogen-bond donors (Lipinski definition) is 1. The summed E-state index contributed by atoms with van der Waals surface area (Å²) in [6, 6.07) is 2.19. The molecule has 0 radical (unpaired) electrons. The van der Waals surface area contributed by atoms with E-state index in [2.05, 4.69) is 9.97 Å². The van der Waals surface area contributed by atoms with Crippen LogP contribution in [-0.4, -0.2) is 34.8 Å². The first-order valence-electron chi connectivity index (χ1n) is 6.24. The summed E-state index contributed by atoms with van der Waals surface area (Å²) in [6.07, 6.45) is 4.02. The van der Waals surface area contributed by atoms with E-state index >= 15 is 0 Å². The molecule has 2 heterocycles. The van der Waals surface area contributed by atoms with Gasteiger partial charge in [-0.05, 0) is 18.6 Å². The van der Waals surface area contributed by atoms with Crippen LogP contribution in [0.5, 0.6) is 6.01 Å². The van der Waals surface area contributed by atoms with Crippen LogP contribution in [0.4, 0.5) is 0 Å².